The van der Waals surface area contributed by atoms with Gasteiger partial charge in [-0.05, 0) is 38.3 Å². The van der Waals surface area contributed by atoms with Gasteiger partial charge in [0.25, 0.3) is 0 Å². The summed E-state index contributed by atoms with van der Waals surface area (Å²) in [7, 11) is 2.14. The molecule has 0 spiro atoms. The van der Waals surface area contributed by atoms with E-state index >= 15 is 0 Å². The number of hydrogen-bond donors (Lipinski definition) is 1. The van der Waals surface area contributed by atoms with Crippen molar-refractivity contribution in [2.75, 3.05) is 39.8 Å². The van der Waals surface area contributed by atoms with Crippen LogP contribution >= 0.6 is 0 Å². The van der Waals surface area contributed by atoms with Gasteiger partial charge in [-0.1, -0.05) is 20.8 Å². The monoisotopic (exact) mass is 253 g/mol. The van der Waals surface area contributed by atoms with Crippen LogP contribution in [0.5, 0.6) is 0 Å². The highest BCUT2D eigenvalue weighted by atomic mass is 15.3. The van der Waals surface area contributed by atoms with Crippen LogP contribution in [0.25, 0.3) is 0 Å². The molecule has 2 atom stereocenters. The number of nitrogens with zero attached hydrogens (tertiary/aromatic N) is 2. The molecule has 0 radical (unpaired) electrons. The summed E-state index contributed by atoms with van der Waals surface area (Å²) in [5.41, 5.74) is 0.528. The fourth-order valence-corrected chi connectivity index (χ4v) is 3.68. The molecule has 2 rings (SSSR count). The predicted molar refractivity (Wildman–Crippen MR) is 78.0 cm³/mol. The van der Waals surface area contributed by atoms with Gasteiger partial charge in [-0.25, -0.2) is 0 Å². The van der Waals surface area contributed by atoms with E-state index < -0.39 is 0 Å². The zero-order chi connectivity index (χ0) is 13.2. The molecule has 1 saturated heterocycles. The number of rotatable bonds is 3. The maximum absolute atomic E-state index is 3.56. The molecular weight excluding hydrogens is 222 g/mol. The van der Waals surface area contributed by atoms with Crippen molar-refractivity contribution in [2.45, 2.75) is 52.1 Å². The molecule has 0 aromatic rings. The van der Waals surface area contributed by atoms with Crippen LogP contribution in [0.2, 0.25) is 0 Å². The lowest BCUT2D eigenvalue weighted by Crippen LogP contribution is -2.58. The van der Waals surface area contributed by atoms with Gasteiger partial charge in [0.2, 0.25) is 0 Å². The van der Waals surface area contributed by atoms with Crippen LogP contribution in [0.1, 0.15) is 40.0 Å². The van der Waals surface area contributed by atoms with Crippen molar-refractivity contribution in [3.8, 4) is 0 Å². The Bertz CT molecular complexity index is 256. The molecule has 18 heavy (non-hydrogen) atoms. The lowest BCUT2D eigenvalue weighted by atomic mass is 9.72. The van der Waals surface area contributed by atoms with Crippen molar-refractivity contribution < 1.29 is 0 Å². The summed E-state index contributed by atoms with van der Waals surface area (Å²) < 4.78 is 0. The van der Waals surface area contributed by atoms with Crippen LogP contribution in [0.3, 0.4) is 0 Å². The van der Waals surface area contributed by atoms with Crippen molar-refractivity contribution in [3.63, 3.8) is 0 Å². The Hall–Kier alpha value is -0.120. The molecule has 3 heteroatoms. The van der Waals surface area contributed by atoms with Crippen LogP contribution < -0.4 is 5.32 Å². The van der Waals surface area contributed by atoms with Crippen LogP contribution in [0.4, 0.5) is 0 Å². The maximum atomic E-state index is 3.56. The summed E-state index contributed by atoms with van der Waals surface area (Å²) in [6.45, 7) is 13.4. The normalized spacial score (nSPS) is 34.7. The fraction of sp³-hybridized carbons (Fsp3) is 1.00. The van der Waals surface area contributed by atoms with E-state index in [9.17, 15) is 0 Å². The van der Waals surface area contributed by atoms with Gasteiger partial charge < -0.3 is 10.2 Å². The van der Waals surface area contributed by atoms with E-state index in [1.54, 1.807) is 0 Å². The molecule has 1 aliphatic carbocycles. The van der Waals surface area contributed by atoms with Crippen LogP contribution in [0, 0.1) is 5.41 Å². The second kappa shape index (κ2) is 5.89. The average molecular weight is 253 g/mol. The van der Waals surface area contributed by atoms with Gasteiger partial charge in [0, 0.05) is 38.3 Å². The third-order valence-corrected chi connectivity index (χ3v) is 5.05. The van der Waals surface area contributed by atoms with E-state index in [1.165, 1.54) is 52.0 Å². The predicted octanol–water partition coefficient (Wildman–Crippen LogP) is 1.79. The summed E-state index contributed by atoms with van der Waals surface area (Å²) in [5, 5.41) is 3.56. The van der Waals surface area contributed by atoms with Crippen molar-refractivity contribution in [1.82, 2.24) is 15.1 Å². The van der Waals surface area contributed by atoms with Crippen molar-refractivity contribution in [1.29, 1.82) is 0 Å². The molecule has 0 amide bonds. The lowest BCUT2D eigenvalue weighted by molar-refractivity contribution is 0.0320. The van der Waals surface area contributed by atoms with Crippen molar-refractivity contribution in [2.24, 2.45) is 5.41 Å². The van der Waals surface area contributed by atoms with Crippen LogP contribution in [-0.4, -0.2) is 61.7 Å². The fourth-order valence-electron chi connectivity index (χ4n) is 3.68. The highest BCUT2D eigenvalue weighted by Crippen LogP contribution is 2.37. The minimum Gasteiger partial charge on any atom is -0.315 e. The van der Waals surface area contributed by atoms with E-state index in [0.29, 0.717) is 11.5 Å². The van der Waals surface area contributed by atoms with Gasteiger partial charge in [0.15, 0.2) is 0 Å². The molecule has 1 heterocycles. The van der Waals surface area contributed by atoms with Gasteiger partial charge in [-0.3, -0.25) is 4.90 Å². The van der Waals surface area contributed by atoms with Crippen molar-refractivity contribution in [3.05, 3.63) is 0 Å². The first kappa shape index (κ1) is 14.3. The number of likely N-dealkylation sites (N-methyl/N-ethyl adjacent to an activating group) is 2. The highest BCUT2D eigenvalue weighted by Gasteiger charge is 2.37. The molecule has 1 N–H and O–H groups in total. The minimum absolute atomic E-state index is 0.528. The topological polar surface area (TPSA) is 18.5 Å². The molecule has 0 bridgehead atoms. The van der Waals surface area contributed by atoms with Crippen molar-refractivity contribution >= 4 is 0 Å². The Morgan fingerprint density at radius 2 is 1.83 bits per heavy atom. The van der Waals surface area contributed by atoms with Gasteiger partial charge in [-0.2, -0.15) is 0 Å². The Kier molecular flexibility index (Phi) is 4.68. The summed E-state index contributed by atoms with van der Waals surface area (Å²) in [4.78, 5) is 5.31. The number of hydrogen-bond acceptors (Lipinski definition) is 3. The molecule has 1 saturated carbocycles. The molecule has 2 aliphatic rings. The van der Waals surface area contributed by atoms with Crippen LogP contribution in [0.15, 0.2) is 0 Å². The minimum atomic E-state index is 0.528. The Labute approximate surface area is 113 Å². The second-order valence-electron chi connectivity index (χ2n) is 6.84. The molecule has 0 aromatic heterocycles. The lowest BCUT2D eigenvalue weighted by Gasteiger charge is -2.48. The molecular formula is C15H31N3. The molecule has 3 nitrogen and oxygen atoms in total. The molecule has 2 fully saturated rings. The van der Waals surface area contributed by atoms with Crippen LogP contribution in [-0.2, 0) is 0 Å². The Morgan fingerprint density at radius 3 is 2.39 bits per heavy atom. The smallest absolute Gasteiger partial charge is 0.0255 e. The molecule has 2 unspecified atom stereocenters. The Balaban J connectivity index is 1.96. The molecule has 0 aromatic carbocycles. The average Bonchev–Trinajstić information content (AvgIpc) is 2.38. The summed E-state index contributed by atoms with van der Waals surface area (Å²) in [5.74, 6) is 0. The first-order chi connectivity index (χ1) is 8.55. The SMILES string of the molecule is CCN1CCN(C2CC(C)(C)CCC2NC)CC1. The maximum Gasteiger partial charge on any atom is 0.0255 e. The standard InChI is InChI=1S/C15H31N3/c1-5-17-8-10-18(11-9-17)14-12-15(2,3)7-6-13(14)16-4/h13-14,16H,5-12H2,1-4H3. The van der Waals surface area contributed by atoms with E-state index in [0.717, 1.165) is 6.04 Å². The van der Waals surface area contributed by atoms with E-state index in [1.807, 2.05) is 0 Å². The van der Waals surface area contributed by atoms with Gasteiger partial charge >= 0.3 is 0 Å². The molecule has 106 valence electrons. The number of nitrogens with one attached hydrogen (secondary N) is 1. The third kappa shape index (κ3) is 3.25. The van der Waals surface area contributed by atoms with E-state index in [-0.39, 0.29) is 0 Å². The first-order valence-electron chi connectivity index (χ1n) is 7.69. The zero-order valence-corrected chi connectivity index (χ0v) is 12.7. The van der Waals surface area contributed by atoms with E-state index in [2.05, 4.69) is 42.9 Å². The van der Waals surface area contributed by atoms with Gasteiger partial charge in [0.05, 0.1) is 0 Å². The number of piperazine rings is 1. The highest BCUT2D eigenvalue weighted by molar-refractivity contribution is 4.95. The van der Waals surface area contributed by atoms with E-state index in [4.69, 9.17) is 0 Å². The Morgan fingerprint density at radius 1 is 1.17 bits per heavy atom. The quantitative estimate of drug-likeness (QED) is 0.827. The summed E-state index contributed by atoms with van der Waals surface area (Å²) >= 11 is 0. The largest absolute Gasteiger partial charge is 0.315 e. The van der Waals surface area contributed by atoms with Gasteiger partial charge in [0.1, 0.15) is 0 Å². The van der Waals surface area contributed by atoms with Gasteiger partial charge in [-0.15, -0.1) is 0 Å². The summed E-state index contributed by atoms with van der Waals surface area (Å²) in [6, 6.07) is 1.45. The zero-order valence-electron chi connectivity index (χ0n) is 12.7. The summed E-state index contributed by atoms with van der Waals surface area (Å²) in [6.07, 6.45) is 4.05. The first-order valence-corrected chi connectivity index (χ1v) is 7.69. The third-order valence-electron chi connectivity index (χ3n) is 5.05. The molecule has 1 aliphatic heterocycles. The second-order valence-corrected chi connectivity index (χ2v) is 6.84.